The van der Waals surface area contributed by atoms with Crippen molar-refractivity contribution in [3.8, 4) is 0 Å². The van der Waals surface area contributed by atoms with Gasteiger partial charge in [-0.3, -0.25) is 0 Å². The van der Waals surface area contributed by atoms with E-state index >= 15 is 0 Å². The molecule has 2 rings (SSSR count). The summed E-state index contributed by atoms with van der Waals surface area (Å²) in [7, 11) is 0. The Morgan fingerprint density at radius 1 is 1.41 bits per heavy atom. The van der Waals surface area contributed by atoms with Gasteiger partial charge in [0.2, 0.25) is 0 Å². The Balaban J connectivity index is 2.13. The van der Waals surface area contributed by atoms with E-state index in [4.69, 9.17) is 4.74 Å². The van der Waals surface area contributed by atoms with Gasteiger partial charge in [0.25, 0.3) is 0 Å². The van der Waals surface area contributed by atoms with Gasteiger partial charge in [-0.2, -0.15) is 0 Å². The molecule has 0 bridgehead atoms. The number of hydrogen-bond acceptors (Lipinski definition) is 2. The zero-order valence-electron chi connectivity index (χ0n) is 14.6. The number of aliphatic hydroxyl groups excluding tert-OH is 1. The van der Waals surface area contributed by atoms with Crippen LogP contribution in [0, 0.1) is 17.8 Å². The second-order valence-corrected chi connectivity index (χ2v) is 7.33. The van der Waals surface area contributed by atoms with Crippen LogP contribution in [0.1, 0.15) is 59.8 Å². The summed E-state index contributed by atoms with van der Waals surface area (Å²) in [4.78, 5) is 0. The molecule has 2 heteroatoms. The minimum Gasteiger partial charge on any atom is -0.367 e. The van der Waals surface area contributed by atoms with Gasteiger partial charge in [0.05, 0.1) is 6.61 Å². The highest BCUT2D eigenvalue weighted by Crippen LogP contribution is 2.41. The Kier molecular flexibility index (Phi) is 6.46. The number of aliphatic hydroxyl groups is 1. The van der Waals surface area contributed by atoms with Gasteiger partial charge < -0.3 is 9.84 Å². The van der Waals surface area contributed by atoms with Crippen LogP contribution in [0.25, 0.3) is 0 Å². The minimum atomic E-state index is -0.611. The van der Waals surface area contributed by atoms with Crippen LogP contribution in [0.3, 0.4) is 0 Å². The predicted octanol–water partition coefficient (Wildman–Crippen LogP) is 5.01. The smallest absolute Gasteiger partial charge is 0.161 e. The summed E-state index contributed by atoms with van der Waals surface area (Å²) in [6.45, 7) is 9.51. The SMILES string of the molecule is CC(C)=CCC[C@H](C)[C@H]1CC/C(C)=C/C/C=C2/CO[C@@H](O)C21. The first-order chi connectivity index (χ1) is 10.5. The van der Waals surface area contributed by atoms with Gasteiger partial charge in [-0.1, -0.05) is 36.3 Å². The van der Waals surface area contributed by atoms with Crippen molar-refractivity contribution >= 4 is 0 Å². The molecule has 1 aliphatic heterocycles. The highest BCUT2D eigenvalue weighted by atomic mass is 16.6. The molecule has 1 aliphatic carbocycles. The van der Waals surface area contributed by atoms with Crippen molar-refractivity contribution in [1.82, 2.24) is 0 Å². The summed E-state index contributed by atoms with van der Waals surface area (Å²) < 4.78 is 5.56. The highest BCUT2D eigenvalue weighted by Gasteiger charge is 2.39. The molecule has 0 amide bonds. The average molecular weight is 304 g/mol. The zero-order valence-corrected chi connectivity index (χ0v) is 14.6. The lowest BCUT2D eigenvalue weighted by Crippen LogP contribution is -2.29. The predicted molar refractivity (Wildman–Crippen MR) is 92.5 cm³/mol. The first-order valence-electron chi connectivity index (χ1n) is 8.76. The van der Waals surface area contributed by atoms with E-state index in [1.165, 1.54) is 23.1 Å². The number of rotatable bonds is 4. The van der Waals surface area contributed by atoms with Crippen molar-refractivity contribution in [2.24, 2.45) is 17.8 Å². The third-order valence-corrected chi connectivity index (χ3v) is 5.24. The van der Waals surface area contributed by atoms with E-state index in [1.54, 1.807) is 0 Å². The molecule has 0 radical (unpaired) electrons. The molecule has 0 spiro atoms. The number of hydrogen-bond donors (Lipinski definition) is 1. The van der Waals surface area contributed by atoms with Crippen LogP contribution in [0.4, 0.5) is 0 Å². The lowest BCUT2D eigenvalue weighted by molar-refractivity contribution is -0.0976. The molecule has 2 aliphatic rings. The highest BCUT2D eigenvalue weighted by molar-refractivity contribution is 5.18. The van der Waals surface area contributed by atoms with Crippen LogP contribution in [0.2, 0.25) is 0 Å². The fraction of sp³-hybridized carbons (Fsp3) is 0.700. The van der Waals surface area contributed by atoms with Crippen molar-refractivity contribution in [1.29, 1.82) is 0 Å². The topological polar surface area (TPSA) is 29.5 Å². The van der Waals surface area contributed by atoms with Crippen molar-refractivity contribution in [2.45, 2.75) is 66.1 Å². The van der Waals surface area contributed by atoms with E-state index in [2.05, 4.69) is 45.9 Å². The van der Waals surface area contributed by atoms with Crippen molar-refractivity contribution in [3.63, 3.8) is 0 Å². The fourth-order valence-electron chi connectivity index (χ4n) is 3.82. The van der Waals surface area contributed by atoms with Crippen molar-refractivity contribution < 1.29 is 9.84 Å². The summed E-state index contributed by atoms with van der Waals surface area (Å²) in [5.41, 5.74) is 4.19. The van der Waals surface area contributed by atoms with Crippen LogP contribution in [0.15, 0.2) is 34.9 Å². The number of allylic oxidation sites excluding steroid dienone is 5. The Morgan fingerprint density at radius 3 is 2.91 bits per heavy atom. The zero-order chi connectivity index (χ0) is 16.1. The van der Waals surface area contributed by atoms with Gasteiger partial charge in [-0.15, -0.1) is 0 Å². The Hall–Kier alpha value is -0.860. The van der Waals surface area contributed by atoms with E-state index in [9.17, 15) is 5.11 Å². The van der Waals surface area contributed by atoms with Gasteiger partial charge in [-0.05, 0) is 70.3 Å². The molecule has 0 aromatic carbocycles. The van der Waals surface area contributed by atoms with Crippen LogP contribution in [-0.4, -0.2) is 18.0 Å². The average Bonchev–Trinajstić information content (AvgIpc) is 2.83. The number of fused-ring (bicyclic) bond motifs is 1. The van der Waals surface area contributed by atoms with Crippen LogP contribution < -0.4 is 0 Å². The Labute approximate surface area is 136 Å². The van der Waals surface area contributed by atoms with Crippen LogP contribution in [-0.2, 0) is 4.74 Å². The quantitative estimate of drug-likeness (QED) is 0.740. The maximum absolute atomic E-state index is 10.3. The second-order valence-electron chi connectivity index (χ2n) is 7.33. The molecule has 1 heterocycles. The molecule has 4 atom stereocenters. The van der Waals surface area contributed by atoms with Gasteiger partial charge in [0, 0.05) is 5.92 Å². The molecule has 22 heavy (non-hydrogen) atoms. The lowest BCUT2D eigenvalue weighted by Gasteiger charge is -2.31. The van der Waals surface area contributed by atoms with Gasteiger partial charge in [0.15, 0.2) is 6.29 Å². The summed E-state index contributed by atoms with van der Waals surface area (Å²) in [5, 5.41) is 10.3. The fourth-order valence-corrected chi connectivity index (χ4v) is 3.82. The summed E-state index contributed by atoms with van der Waals surface area (Å²) in [6, 6.07) is 0. The van der Waals surface area contributed by atoms with Crippen LogP contribution >= 0.6 is 0 Å². The molecule has 0 saturated carbocycles. The maximum Gasteiger partial charge on any atom is 0.161 e. The van der Waals surface area contributed by atoms with Crippen molar-refractivity contribution in [2.75, 3.05) is 6.61 Å². The molecule has 2 nitrogen and oxygen atoms in total. The molecule has 0 aromatic heterocycles. The van der Waals surface area contributed by atoms with E-state index in [1.807, 2.05) is 0 Å². The first-order valence-corrected chi connectivity index (χ1v) is 8.76. The van der Waals surface area contributed by atoms with Gasteiger partial charge in [-0.25, -0.2) is 0 Å². The van der Waals surface area contributed by atoms with Crippen LogP contribution in [0.5, 0.6) is 0 Å². The van der Waals surface area contributed by atoms with E-state index in [0.717, 1.165) is 25.7 Å². The normalized spacial score (nSPS) is 35.0. The van der Waals surface area contributed by atoms with Gasteiger partial charge >= 0.3 is 0 Å². The third-order valence-electron chi connectivity index (χ3n) is 5.24. The summed E-state index contributed by atoms with van der Waals surface area (Å²) >= 11 is 0. The minimum absolute atomic E-state index is 0.195. The number of ether oxygens (including phenoxy) is 1. The van der Waals surface area contributed by atoms with E-state index < -0.39 is 6.29 Å². The molecule has 1 N–H and O–H groups in total. The second kappa shape index (κ2) is 8.12. The summed E-state index contributed by atoms with van der Waals surface area (Å²) in [6.07, 6.45) is 11.9. The first kappa shape index (κ1) is 17.5. The lowest BCUT2D eigenvalue weighted by atomic mass is 9.74. The van der Waals surface area contributed by atoms with Crippen molar-refractivity contribution in [3.05, 3.63) is 34.9 Å². The molecule has 0 aromatic rings. The third kappa shape index (κ3) is 4.57. The Bertz CT molecular complexity index is 454. The van der Waals surface area contributed by atoms with Gasteiger partial charge in [0.1, 0.15) is 0 Å². The molecule has 1 unspecified atom stereocenters. The molecular formula is C20H32O2. The molecular weight excluding hydrogens is 272 g/mol. The monoisotopic (exact) mass is 304 g/mol. The van der Waals surface area contributed by atoms with E-state index in [-0.39, 0.29) is 5.92 Å². The standard InChI is InChI=1S/C20H32O2/c1-14(2)7-5-9-16(4)18-12-11-15(3)8-6-10-17-13-22-20(21)19(17)18/h7-8,10,16,18-21H,5-6,9,11-13H2,1-4H3/b15-8+,17-10-/t16-,18+,19?,20+/m0/s1. The maximum atomic E-state index is 10.3. The largest absolute Gasteiger partial charge is 0.367 e. The molecule has 1 fully saturated rings. The summed E-state index contributed by atoms with van der Waals surface area (Å²) in [5.74, 6) is 1.31. The molecule has 124 valence electrons. The molecule has 1 saturated heterocycles. The Morgan fingerprint density at radius 2 is 2.18 bits per heavy atom. The van der Waals surface area contributed by atoms with E-state index in [0.29, 0.717) is 18.4 Å².